The minimum absolute atomic E-state index is 0. The molecule has 0 N–H and O–H groups in total. The normalized spacial score (nSPS) is 2.00. The summed E-state index contributed by atoms with van der Waals surface area (Å²) in [6.45, 7) is 6.50. The van der Waals surface area contributed by atoms with Crippen molar-refractivity contribution in [2.45, 2.75) is 0 Å². The van der Waals surface area contributed by atoms with E-state index in [2.05, 4.69) is 13.5 Å². The van der Waals surface area contributed by atoms with Gasteiger partial charge in [-0.15, -0.1) is 0 Å². The van der Waals surface area contributed by atoms with Crippen molar-refractivity contribution < 1.29 is 16.5 Å². The topological polar surface area (TPSA) is 0 Å². The molecule has 0 aliphatic heterocycles. The van der Waals surface area contributed by atoms with Crippen molar-refractivity contribution in [2.75, 3.05) is 0 Å². The summed E-state index contributed by atoms with van der Waals surface area (Å²) in [6.07, 6.45) is 1.50. The van der Waals surface area contributed by atoms with Gasteiger partial charge in [0.05, 0.1) is 0 Å². The van der Waals surface area contributed by atoms with Crippen LogP contribution in [-0.4, -0.2) is 0 Å². The Hall–Kier alpha value is 0.104. The van der Waals surface area contributed by atoms with E-state index in [1.54, 1.807) is 0 Å². The number of allylic oxidation sites excluding steroid dienone is 1. The van der Waals surface area contributed by atoms with Crippen LogP contribution >= 0.6 is 0 Å². The van der Waals surface area contributed by atoms with Crippen LogP contribution in [0.5, 0.6) is 0 Å². The minimum atomic E-state index is 0. The van der Waals surface area contributed by atoms with Crippen LogP contribution in [0.15, 0.2) is 12.7 Å². The maximum atomic E-state index is 3.25. The van der Waals surface area contributed by atoms with Crippen molar-refractivity contribution in [2.24, 2.45) is 0 Å². The molecular formula is C5H11Ni. The predicted molar refractivity (Wildman–Crippen MR) is 28.4 cm³/mol. The van der Waals surface area contributed by atoms with Gasteiger partial charge >= 0.3 is 16.5 Å². The Kier molecular flexibility index (Phi) is 423. The zero-order valence-corrected chi connectivity index (χ0v) is 5.30. The molecule has 0 aliphatic rings. The molecule has 0 aromatic heterocycles. The van der Waals surface area contributed by atoms with Gasteiger partial charge in [0.2, 0.25) is 0 Å². The summed E-state index contributed by atoms with van der Waals surface area (Å²) in [6, 6.07) is 0. The number of rotatable bonds is 0. The fraction of sp³-hybridized carbons (Fsp3) is 0. The molecule has 0 spiro atoms. The molecule has 0 aromatic carbocycles. The molecule has 6 heavy (non-hydrogen) atoms. The summed E-state index contributed by atoms with van der Waals surface area (Å²) in [4.78, 5) is 0. The SMILES string of the molecule is C=C[CH2-].[CH3-].[CH3-].[Ni+3]. The zero-order chi connectivity index (χ0) is 2.71. The Bertz CT molecular complexity index is 11.4. The van der Waals surface area contributed by atoms with Gasteiger partial charge < -0.3 is 14.9 Å². The predicted octanol–water partition coefficient (Wildman–Crippen LogP) is 1.90. The summed E-state index contributed by atoms with van der Waals surface area (Å²) < 4.78 is 0. The minimum Gasteiger partial charge on any atom is -0.358 e. The molecule has 0 saturated carbocycles. The molecule has 1 radical (unpaired) electrons. The van der Waals surface area contributed by atoms with Crippen molar-refractivity contribution in [3.05, 3.63) is 34.4 Å². The smallest absolute Gasteiger partial charge is 0.358 e. The average molecular weight is 130 g/mol. The van der Waals surface area contributed by atoms with Gasteiger partial charge in [-0.3, -0.25) is 0 Å². The Balaban J connectivity index is -0.00000000667. The van der Waals surface area contributed by atoms with Crippen molar-refractivity contribution in [1.29, 1.82) is 0 Å². The first-order valence-corrected chi connectivity index (χ1v) is 0.816. The van der Waals surface area contributed by atoms with E-state index in [0.717, 1.165) is 0 Å². The molecule has 0 aromatic rings. The molecule has 0 atom stereocenters. The summed E-state index contributed by atoms with van der Waals surface area (Å²) in [5.41, 5.74) is 0. The van der Waals surface area contributed by atoms with Gasteiger partial charge in [0, 0.05) is 0 Å². The molecule has 0 unspecified atom stereocenters. The van der Waals surface area contributed by atoms with Gasteiger partial charge in [-0.25, -0.2) is 19.6 Å². The molecule has 0 rings (SSSR count). The van der Waals surface area contributed by atoms with Crippen LogP contribution < -0.4 is 0 Å². The van der Waals surface area contributed by atoms with Gasteiger partial charge in [-0.1, -0.05) is 0 Å². The largest absolute Gasteiger partial charge is 3.00 e. The monoisotopic (exact) mass is 129 g/mol. The standard InChI is InChI=1S/C3H5.2CH3.Ni/c1-3-2;;;/h3H,1-2H2;2*1H3;/q3*-1;+3. The Labute approximate surface area is 51.6 Å². The Morgan fingerprint density at radius 3 is 1.33 bits per heavy atom. The van der Waals surface area contributed by atoms with Gasteiger partial charge in [0.15, 0.2) is 0 Å². The van der Waals surface area contributed by atoms with E-state index in [1.165, 1.54) is 6.08 Å². The van der Waals surface area contributed by atoms with Crippen molar-refractivity contribution in [1.82, 2.24) is 0 Å². The average Bonchev–Trinajstić information content (AvgIpc) is 0.918. The number of hydrogen-bond acceptors (Lipinski definition) is 0. The Morgan fingerprint density at radius 1 is 1.33 bits per heavy atom. The summed E-state index contributed by atoms with van der Waals surface area (Å²) in [5, 5.41) is 0. The first kappa shape index (κ1) is 35.9. The molecule has 0 amide bonds. The van der Waals surface area contributed by atoms with Gasteiger partial charge in [0.1, 0.15) is 0 Å². The van der Waals surface area contributed by atoms with Crippen molar-refractivity contribution in [3.8, 4) is 0 Å². The molecule has 0 heterocycles. The maximum absolute atomic E-state index is 3.25. The maximum Gasteiger partial charge on any atom is 3.00 e. The third kappa shape index (κ3) is 3690. The Morgan fingerprint density at radius 2 is 1.33 bits per heavy atom. The quantitative estimate of drug-likeness (QED) is 0.347. The van der Waals surface area contributed by atoms with Crippen LogP contribution in [0.3, 0.4) is 0 Å². The molecule has 0 nitrogen and oxygen atoms in total. The molecule has 0 bridgehead atoms. The first-order chi connectivity index (χ1) is 1.41. The summed E-state index contributed by atoms with van der Waals surface area (Å²) in [7, 11) is 0. The third-order valence-corrected chi connectivity index (χ3v) is 0. The van der Waals surface area contributed by atoms with Gasteiger partial charge in [-0.2, -0.15) is 0 Å². The summed E-state index contributed by atoms with van der Waals surface area (Å²) >= 11 is 0. The van der Waals surface area contributed by atoms with E-state index in [0.29, 0.717) is 0 Å². The van der Waals surface area contributed by atoms with E-state index in [4.69, 9.17) is 0 Å². The second-order valence-corrected chi connectivity index (χ2v) is 0.289. The molecule has 41 valence electrons. The van der Waals surface area contributed by atoms with E-state index < -0.39 is 0 Å². The van der Waals surface area contributed by atoms with Crippen LogP contribution in [0.25, 0.3) is 0 Å². The van der Waals surface area contributed by atoms with Crippen LogP contribution in [0.1, 0.15) is 0 Å². The van der Waals surface area contributed by atoms with Crippen LogP contribution in [0, 0.1) is 21.8 Å². The van der Waals surface area contributed by atoms with E-state index in [-0.39, 0.29) is 31.3 Å². The van der Waals surface area contributed by atoms with Crippen LogP contribution in [0.2, 0.25) is 0 Å². The van der Waals surface area contributed by atoms with Crippen molar-refractivity contribution in [3.63, 3.8) is 0 Å². The van der Waals surface area contributed by atoms with Gasteiger partial charge in [-0.05, 0) is 0 Å². The zero-order valence-electron chi connectivity index (χ0n) is 4.31. The third-order valence-electron chi connectivity index (χ3n) is 0. The van der Waals surface area contributed by atoms with Crippen LogP contribution in [0.4, 0.5) is 0 Å². The fourth-order valence-electron chi connectivity index (χ4n) is 0. The molecule has 0 saturated heterocycles. The van der Waals surface area contributed by atoms with Crippen LogP contribution in [-0.2, 0) is 16.5 Å². The second-order valence-electron chi connectivity index (χ2n) is 0.289. The molecule has 0 fully saturated rings. The molecular weight excluding hydrogens is 119 g/mol. The van der Waals surface area contributed by atoms with E-state index in [9.17, 15) is 0 Å². The molecule has 0 aliphatic carbocycles. The number of hydrogen-bond donors (Lipinski definition) is 0. The van der Waals surface area contributed by atoms with Crippen molar-refractivity contribution >= 4 is 0 Å². The summed E-state index contributed by atoms with van der Waals surface area (Å²) in [5.74, 6) is 0. The van der Waals surface area contributed by atoms with E-state index in [1.807, 2.05) is 0 Å². The fourth-order valence-corrected chi connectivity index (χ4v) is 0. The molecule has 1 heteroatoms. The first-order valence-electron chi connectivity index (χ1n) is 0.816. The van der Waals surface area contributed by atoms with E-state index >= 15 is 0 Å². The second kappa shape index (κ2) is 70.6. The van der Waals surface area contributed by atoms with Gasteiger partial charge in [0.25, 0.3) is 0 Å².